The Morgan fingerprint density at radius 3 is 2.94 bits per heavy atom. The molecule has 0 bridgehead atoms. The first-order chi connectivity index (χ1) is 7.73. The van der Waals surface area contributed by atoms with E-state index >= 15 is 0 Å². The molecule has 0 spiro atoms. The van der Waals surface area contributed by atoms with Gasteiger partial charge < -0.3 is 10.1 Å². The Balaban J connectivity index is 2.35. The molecular formula is C12H20N2OS. The fourth-order valence-corrected chi connectivity index (χ4v) is 3.73. The van der Waals surface area contributed by atoms with Crippen LogP contribution in [0.2, 0.25) is 0 Å². The highest BCUT2D eigenvalue weighted by atomic mass is 32.1. The average Bonchev–Trinajstić information content (AvgIpc) is 2.76. The van der Waals surface area contributed by atoms with E-state index in [1.165, 1.54) is 17.8 Å². The van der Waals surface area contributed by atoms with Crippen LogP contribution in [0.1, 0.15) is 36.4 Å². The fourth-order valence-electron chi connectivity index (χ4n) is 2.66. The molecule has 1 saturated carbocycles. The van der Waals surface area contributed by atoms with Crippen LogP contribution in [0, 0.1) is 6.92 Å². The zero-order chi connectivity index (χ0) is 11.6. The first kappa shape index (κ1) is 12.0. The smallest absolute Gasteiger partial charge is 0.116 e. The van der Waals surface area contributed by atoms with E-state index < -0.39 is 0 Å². The third-order valence-corrected chi connectivity index (χ3v) is 4.71. The van der Waals surface area contributed by atoms with Gasteiger partial charge in [0, 0.05) is 18.2 Å². The number of rotatable bonds is 3. The van der Waals surface area contributed by atoms with Crippen LogP contribution in [0.3, 0.4) is 0 Å². The van der Waals surface area contributed by atoms with Gasteiger partial charge in [0.2, 0.25) is 0 Å². The minimum atomic E-state index is -0.0636. The van der Waals surface area contributed by atoms with Gasteiger partial charge in [-0.1, -0.05) is 12.8 Å². The highest BCUT2D eigenvalue weighted by Gasteiger charge is 2.43. The predicted octanol–water partition coefficient (Wildman–Crippen LogP) is 2.46. The van der Waals surface area contributed by atoms with Crippen LogP contribution in [-0.4, -0.2) is 25.2 Å². The summed E-state index contributed by atoms with van der Waals surface area (Å²) in [6.45, 7) is 2.05. The van der Waals surface area contributed by atoms with Gasteiger partial charge in [-0.25, -0.2) is 4.98 Å². The third-order valence-electron chi connectivity index (χ3n) is 3.57. The summed E-state index contributed by atoms with van der Waals surface area (Å²) < 4.78 is 5.67. The van der Waals surface area contributed by atoms with Gasteiger partial charge in [0.1, 0.15) is 5.01 Å². The molecule has 90 valence electrons. The second-order valence-corrected chi connectivity index (χ2v) is 5.34. The Kier molecular flexibility index (Phi) is 3.62. The molecule has 0 saturated heterocycles. The zero-order valence-corrected chi connectivity index (χ0v) is 11.1. The van der Waals surface area contributed by atoms with Crippen LogP contribution in [0.5, 0.6) is 0 Å². The number of hydrogen-bond acceptors (Lipinski definition) is 4. The lowest BCUT2D eigenvalue weighted by atomic mass is 9.79. The van der Waals surface area contributed by atoms with Crippen molar-refractivity contribution in [2.24, 2.45) is 0 Å². The Morgan fingerprint density at radius 1 is 1.56 bits per heavy atom. The molecule has 4 heteroatoms. The van der Waals surface area contributed by atoms with E-state index in [0.29, 0.717) is 0 Å². The number of aromatic nitrogens is 1. The van der Waals surface area contributed by atoms with Gasteiger partial charge >= 0.3 is 0 Å². The topological polar surface area (TPSA) is 34.2 Å². The van der Waals surface area contributed by atoms with E-state index in [0.717, 1.165) is 18.5 Å². The summed E-state index contributed by atoms with van der Waals surface area (Å²) in [5.74, 6) is 0. The Hall–Kier alpha value is -0.450. The quantitative estimate of drug-likeness (QED) is 0.881. The summed E-state index contributed by atoms with van der Waals surface area (Å²) in [6, 6.07) is 0. The van der Waals surface area contributed by atoms with Crippen LogP contribution in [-0.2, 0) is 10.3 Å². The fraction of sp³-hybridized carbons (Fsp3) is 0.750. The molecule has 0 aliphatic heterocycles. The van der Waals surface area contributed by atoms with Crippen molar-refractivity contribution in [2.45, 2.75) is 44.2 Å². The molecule has 0 radical (unpaired) electrons. The molecular weight excluding hydrogens is 220 g/mol. The molecule has 16 heavy (non-hydrogen) atoms. The monoisotopic (exact) mass is 240 g/mol. The maximum Gasteiger partial charge on any atom is 0.116 e. The molecule has 1 aromatic rings. The largest absolute Gasteiger partial charge is 0.379 e. The summed E-state index contributed by atoms with van der Waals surface area (Å²) in [5.41, 5.74) is 1.04. The summed E-state index contributed by atoms with van der Waals surface area (Å²) in [5, 5.41) is 6.77. The molecule has 1 heterocycles. The predicted molar refractivity (Wildman–Crippen MR) is 66.9 cm³/mol. The summed E-state index contributed by atoms with van der Waals surface area (Å²) in [6.07, 6.45) is 4.99. The molecule has 0 amide bonds. The van der Waals surface area contributed by atoms with Gasteiger partial charge in [0.15, 0.2) is 0 Å². The number of methoxy groups -OCH3 is 1. The molecule has 1 aliphatic carbocycles. The molecule has 2 atom stereocenters. The highest BCUT2D eigenvalue weighted by Crippen LogP contribution is 2.39. The van der Waals surface area contributed by atoms with Gasteiger partial charge in [0.05, 0.1) is 11.6 Å². The molecule has 2 unspecified atom stereocenters. The van der Waals surface area contributed by atoms with Gasteiger partial charge in [-0.05, 0) is 26.8 Å². The van der Waals surface area contributed by atoms with E-state index in [1.807, 2.05) is 21.1 Å². The Labute approximate surface area is 101 Å². The van der Waals surface area contributed by atoms with Crippen LogP contribution in [0.25, 0.3) is 0 Å². The number of thiazole rings is 1. The standard InChI is InChI=1S/C12H20N2OS/c1-9-8-16-11(14-9)12(13-2)7-5-4-6-10(12)15-3/h8,10,13H,4-7H2,1-3H3. The number of likely N-dealkylation sites (N-methyl/N-ethyl adjacent to an activating group) is 1. The molecule has 3 nitrogen and oxygen atoms in total. The molecule has 2 rings (SSSR count). The number of hydrogen-bond donors (Lipinski definition) is 1. The van der Waals surface area contributed by atoms with Crippen LogP contribution in [0.4, 0.5) is 0 Å². The van der Waals surface area contributed by atoms with E-state index in [2.05, 4.69) is 15.7 Å². The van der Waals surface area contributed by atoms with Crippen molar-refractivity contribution >= 4 is 11.3 Å². The van der Waals surface area contributed by atoms with Crippen LogP contribution < -0.4 is 5.32 Å². The number of aryl methyl sites for hydroxylation is 1. The van der Waals surface area contributed by atoms with Crippen molar-refractivity contribution < 1.29 is 4.74 Å². The first-order valence-electron chi connectivity index (χ1n) is 5.87. The summed E-state index contributed by atoms with van der Waals surface area (Å²) in [7, 11) is 3.83. The minimum Gasteiger partial charge on any atom is -0.379 e. The van der Waals surface area contributed by atoms with Crippen molar-refractivity contribution in [1.82, 2.24) is 10.3 Å². The third kappa shape index (κ3) is 1.90. The second-order valence-electron chi connectivity index (χ2n) is 4.49. The Bertz CT molecular complexity index is 353. The van der Waals surface area contributed by atoms with Crippen molar-refractivity contribution in [3.63, 3.8) is 0 Å². The van der Waals surface area contributed by atoms with Crippen molar-refractivity contribution in [2.75, 3.05) is 14.2 Å². The normalized spacial score (nSPS) is 30.6. The van der Waals surface area contributed by atoms with Gasteiger partial charge in [-0.15, -0.1) is 11.3 Å². The van der Waals surface area contributed by atoms with Crippen molar-refractivity contribution in [1.29, 1.82) is 0 Å². The number of nitrogens with zero attached hydrogens (tertiary/aromatic N) is 1. The zero-order valence-electron chi connectivity index (χ0n) is 10.2. The minimum absolute atomic E-state index is 0.0636. The van der Waals surface area contributed by atoms with E-state index in [-0.39, 0.29) is 11.6 Å². The van der Waals surface area contributed by atoms with Crippen LogP contribution >= 0.6 is 11.3 Å². The van der Waals surface area contributed by atoms with Gasteiger partial charge in [0.25, 0.3) is 0 Å². The number of nitrogens with one attached hydrogen (secondary N) is 1. The first-order valence-corrected chi connectivity index (χ1v) is 6.75. The van der Waals surface area contributed by atoms with E-state index in [1.54, 1.807) is 11.3 Å². The van der Waals surface area contributed by atoms with E-state index in [9.17, 15) is 0 Å². The van der Waals surface area contributed by atoms with Crippen molar-refractivity contribution in [3.05, 3.63) is 16.1 Å². The lowest BCUT2D eigenvalue weighted by Gasteiger charge is -2.41. The molecule has 1 aromatic heterocycles. The Morgan fingerprint density at radius 2 is 2.38 bits per heavy atom. The number of ether oxygens (including phenoxy) is 1. The SMILES string of the molecule is CNC1(c2nc(C)cs2)CCCCC1OC. The second kappa shape index (κ2) is 4.82. The maximum atomic E-state index is 5.67. The van der Waals surface area contributed by atoms with Crippen LogP contribution in [0.15, 0.2) is 5.38 Å². The van der Waals surface area contributed by atoms with Gasteiger partial charge in [-0.2, -0.15) is 0 Å². The average molecular weight is 240 g/mol. The molecule has 0 aromatic carbocycles. The van der Waals surface area contributed by atoms with E-state index in [4.69, 9.17) is 4.74 Å². The van der Waals surface area contributed by atoms with Crippen molar-refractivity contribution in [3.8, 4) is 0 Å². The summed E-state index contributed by atoms with van der Waals surface area (Å²) >= 11 is 1.74. The molecule has 1 fully saturated rings. The maximum absolute atomic E-state index is 5.67. The van der Waals surface area contributed by atoms with Gasteiger partial charge in [-0.3, -0.25) is 0 Å². The highest BCUT2D eigenvalue weighted by molar-refractivity contribution is 7.09. The lowest BCUT2D eigenvalue weighted by molar-refractivity contribution is -0.0119. The molecule has 1 aliphatic rings. The summed E-state index contributed by atoms with van der Waals surface area (Å²) in [4.78, 5) is 4.65. The molecule has 1 N–H and O–H groups in total. The lowest BCUT2D eigenvalue weighted by Crippen LogP contribution is -2.52.